The third kappa shape index (κ3) is 5.77. The van der Waals surface area contributed by atoms with Gasteiger partial charge in [0, 0.05) is 32.7 Å². The van der Waals surface area contributed by atoms with Crippen LogP contribution < -0.4 is 10.1 Å². The van der Waals surface area contributed by atoms with E-state index in [1.54, 1.807) is 12.1 Å². The van der Waals surface area contributed by atoms with Gasteiger partial charge in [-0.25, -0.2) is 8.42 Å². The Morgan fingerprint density at radius 3 is 2.42 bits per heavy atom. The first kappa shape index (κ1) is 18.7. The van der Waals surface area contributed by atoms with Crippen LogP contribution in [0.25, 0.3) is 0 Å². The molecule has 134 valence electrons. The second-order valence-electron chi connectivity index (χ2n) is 5.97. The van der Waals surface area contributed by atoms with Crippen LogP contribution in [-0.2, 0) is 14.8 Å². The van der Waals surface area contributed by atoms with E-state index < -0.39 is 10.0 Å². The topological polar surface area (TPSA) is 78.9 Å². The van der Waals surface area contributed by atoms with Crippen LogP contribution in [0.3, 0.4) is 0 Å². The number of carbonyl (C=O) groups is 1. The molecule has 0 atom stereocenters. The summed E-state index contributed by atoms with van der Waals surface area (Å²) in [5.74, 6) is 0.192. The van der Waals surface area contributed by atoms with Crippen LogP contribution in [-0.4, -0.2) is 75.7 Å². The summed E-state index contributed by atoms with van der Waals surface area (Å²) in [5, 5.41) is 2.59. The molecule has 1 fully saturated rings. The normalized spacial score (nSPS) is 16.8. The Hall–Kier alpha value is -1.64. The maximum Gasteiger partial charge on any atom is 0.257 e. The first-order chi connectivity index (χ1) is 11.4. The first-order valence-corrected chi connectivity index (χ1v) is 9.60. The van der Waals surface area contributed by atoms with E-state index in [4.69, 9.17) is 4.74 Å². The van der Waals surface area contributed by atoms with E-state index in [9.17, 15) is 13.2 Å². The van der Waals surface area contributed by atoms with Gasteiger partial charge in [0.15, 0.2) is 6.61 Å². The average molecular weight is 355 g/mol. The van der Waals surface area contributed by atoms with Crippen LogP contribution in [0.2, 0.25) is 0 Å². The molecule has 0 unspecified atom stereocenters. The van der Waals surface area contributed by atoms with Gasteiger partial charge in [-0.05, 0) is 26.1 Å². The number of carbonyl (C=O) groups excluding carboxylic acids is 1. The van der Waals surface area contributed by atoms with Crippen LogP contribution in [0.15, 0.2) is 24.3 Å². The van der Waals surface area contributed by atoms with E-state index in [0.29, 0.717) is 18.8 Å². The lowest BCUT2D eigenvalue weighted by Crippen LogP contribution is -2.48. The van der Waals surface area contributed by atoms with Crippen molar-refractivity contribution in [2.45, 2.75) is 6.92 Å². The third-order valence-electron chi connectivity index (χ3n) is 3.93. The quantitative estimate of drug-likeness (QED) is 0.749. The lowest BCUT2D eigenvalue weighted by molar-refractivity contribution is -0.122. The maximum atomic E-state index is 12.2. The van der Waals surface area contributed by atoms with Gasteiger partial charge in [-0.1, -0.05) is 17.7 Å². The third-order valence-corrected chi connectivity index (χ3v) is 5.80. The molecule has 1 aromatic carbocycles. The van der Waals surface area contributed by atoms with Crippen molar-refractivity contribution >= 4 is 15.9 Å². The number of nitrogens with zero attached hydrogens (tertiary/aromatic N) is 2. The Morgan fingerprint density at radius 2 is 1.79 bits per heavy atom. The van der Waals surface area contributed by atoms with Gasteiger partial charge in [0.2, 0.25) is 10.0 Å². The van der Waals surface area contributed by atoms with Crippen molar-refractivity contribution in [1.82, 2.24) is 14.5 Å². The van der Waals surface area contributed by atoms with E-state index in [1.165, 1.54) is 4.31 Å². The highest BCUT2D eigenvalue weighted by atomic mass is 32.2. The SMILES string of the molecule is Cc1ccc(OCC(=O)NCCS(=O)(=O)N2CCN(C)CC2)cc1. The molecule has 1 amide bonds. The zero-order chi connectivity index (χ0) is 17.6. The number of likely N-dealkylation sites (N-methyl/N-ethyl adjacent to an activating group) is 1. The summed E-state index contributed by atoms with van der Waals surface area (Å²) in [5.41, 5.74) is 1.11. The lowest BCUT2D eigenvalue weighted by Gasteiger charge is -2.31. The highest BCUT2D eigenvalue weighted by Crippen LogP contribution is 2.11. The van der Waals surface area contributed by atoms with Crippen molar-refractivity contribution in [3.63, 3.8) is 0 Å². The van der Waals surface area contributed by atoms with Crippen molar-refractivity contribution in [3.8, 4) is 5.75 Å². The van der Waals surface area contributed by atoms with Crippen molar-refractivity contribution < 1.29 is 17.9 Å². The fourth-order valence-corrected chi connectivity index (χ4v) is 3.69. The molecular weight excluding hydrogens is 330 g/mol. The van der Waals surface area contributed by atoms with Crippen molar-refractivity contribution in [3.05, 3.63) is 29.8 Å². The second-order valence-corrected chi connectivity index (χ2v) is 8.06. The molecule has 24 heavy (non-hydrogen) atoms. The molecule has 0 saturated carbocycles. The first-order valence-electron chi connectivity index (χ1n) is 7.99. The van der Waals surface area contributed by atoms with E-state index in [1.807, 2.05) is 26.1 Å². The number of benzene rings is 1. The number of nitrogens with one attached hydrogen (secondary N) is 1. The predicted molar refractivity (Wildman–Crippen MR) is 92.5 cm³/mol. The molecule has 0 spiro atoms. The molecule has 2 rings (SSSR count). The highest BCUT2D eigenvalue weighted by Gasteiger charge is 2.25. The van der Waals surface area contributed by atoms with Crippen molar-refractivity contribution in [2.75, 3.05) is 52.1 Å². The molecule has 0 aliphatic carbocycles. The van der Waals surface area contributed by atoms with Gasteiger partial charge in [0.25, 0.3) is 5.91 Å². The molecule has 7 nitrogen and oxygen atoms in total. The minimum atomic E-state index is -3.32. The van der Waals surface area contributed by atoms with Gasteiger partial charge in [-0.3, -0.25) is 4.79 Å². The fraction of sp³-hybridized carbons (Fsp3) is 0.562. The monoisotopic (exact) mass is 355 g/mol. The predicted octanol–water partition coefficient (Wildman–Crippen LogP) is 0.0672. The zero-order valence-electron chi connectivity index (χ0n) is 14.2. The van der Waals surface area contributed by atoms with E-state index >= 15 is 0 Å². The van der Waals surface area contributed by atoms with Crippen LogP contribution in [0.1, 0.15) is 5.56 Å². The summed E-state index contributed by atoms with van der Waals surface area (Å²) in [6, 6.07) is 7.38. The summed E-state index contributed by atoms with van der Waals surface area (Å²) in [7, 11) is -1.35. The second kappa shape index (κ2) is 8.46. The van der Waals surface area contributed by atoms with Gasteiger partial charge < -0.3 is 15.0 Å². The summed E-state index contributed by atoms with van der Waals surface area (Å²) >= 11 is 0. The van der Waals surface area contributed by atoms with Crippen molar-refractivity contribution in [2.24, 2.45) is 0 Å². The Labute approximate surface area is 143 Å². The number of hydrogen-bond donors (Lipinski definition) is 1. The molecule has 1 saturated heterocycles. The smallest absolute Gasteiger partial charge is 0.257 e. The molecule has 1 aromatic rings. The summed E-state index contributed by atoms with van der Waals surface area (Å²) < 4.78 is 31.3. The van der Waals surface area contributed by atoms with Gasteiger partial charge in [0.1, 0.15) is 5.75 Å². The highest BCUT2D eigenvalue weighted by molar-refractivity contribution is 7.89. The lowest BCUT2D eigenvalue weighted by atomic mass is 10.2. The fourth-order valence-electron chi connectivity index (χ4n) is 2.35. The summed E-state index contributed by atoms with van der Waals surface area (Å²) in [6.07, 6.45) is 0. The molecule has 0 radical (unpaired) electrons. The molecule has 0 aromatic heterocycles. The molecule has 8 heteroatoms. The Kier molecular flexibility index (Phi) is 6.59. The molecule has 1 aliphatic heterocycles. The Balaban J connectivity index is 1.69. The largest absolute Gasteiger partial charge is 0.484 e. The molecule has 1 aliphatic rings. The van der Waals surface area contributed by atoms with Crippen LogP contribution in [0.4, 0.5) is 0 Å². The number of aryl methyl sites for hydroxylation is 1. The number of hydrogen-bond acceptors (Lipinski definition) is 5. The number of rotatable bonds is 7. The number of sulfonamides is 1. The number of ether oxygens (including phenoxy) is 1. The van der Waals surface area contributed by atoms with Gasteiger partial charge in [-0.15, -0.1) is 0 Å². The van der Waals surface area contributed by atoms with Gasteiger partial charge in [0.05, 0.1) is 5.75 Å². The van der Waals surface area contributed by atoms with E-state index in [2.05, 4.69) is 10.2 Å². The number of piperazine rings is 1. The minimum absolute atomic E-state index is 0.0881. The summed E-state index contributed by atoms with van der Waals surface area (Å²) in [4.78, 5) is 13.8. The van der Waals surface area contributed by atoms with Gasteiger partial charge in [-0.2, -0.15) is 4.31 Å². The average Bonchev–Trinajstić information content (AvgIpc) is 2.54. The number of amides is 1. The van der Waals surface area contributed by atoms with E-state index in [0.717, 1.165) is 18.7 Å². The minimum Gasteiger partial charge on any atom is -0.484 e. The molecule has 1 N–H and O–H groups in total. The molecule has 0 bridgehead atoms. The van der Waals surface area contributed by atoms with Crippen LogP contribution >= 0.6 is 0 Å². The maximum absolute atomic E-state index is 12.2. The summed E-state index contributed by atoms with van der Waals surface area (Å²) in [6.45, 7) is 4.40. The Bertz CT molecular complexity index is 638. The molecule has 1 heterocycles. The van der Waals surface area contributed by atoms with Gasteiger partial charge >= 0.3 is 0 Å². The Morgan fingerprint density at radius 1 is 1.17 bits per heavy atom. The van der Waals surface area contributed by atoms with Crippen LogP contribution in [0, 0.1) is 6.92 Å². The molecular formula is C16H25N3O4S. The standard InChI is InChI=1S/C16H25N3O4S/c1-14-3-5-15(6-4-14)23-13-16(20)17-7-12-24(21,22)19-10-8-18(2)9-11-19/h3-6H,7-13H2,1-2H3,(H,17,20). The van der Waals surface area contributed by atoms with E-state index in [-0.39, 0.29) is 24.8 Å². The van der Waals surface area contributed by atoms with Crippen molar-refractivity contribution in [1.29, 1.82) is 0 Å². The van der Waals surface area contributed by atoms with Crippen LogP contribution in [0.5, 0.6) is 5.75 Å². The zero-order valence-corrected chi connectivity index (χ0v) is 15.0.